The number of nitrogens with one attached hydrogen (secondary N) is 2. The zero-order valence-corrected chi connectivity index (χ0v) is 23.1. The van der Waals surface area contributed by atoms with E-state index in [1.165, 1.54) is 0 Å². The summed E-state index contributed by atoms with van der Waals surface area (Å²) in [5.74, 6) is -1.75. The van der Waals surface area contributed by atoms with Gasteiger partial charge in [0.05, 0.1) is 22.8 Å². The van der Waals surface area contributed by atoms with Crippen molar-refractivity contribution >= 4 is 62.9 Å². The molecule has 0 fully saturated rings. The molecule has 4 N–H and O–H groups in total. The van der Waals surface area contributed by atoms with Gasteiger partial charge in [-0.2, -0.15) is 0 Å². The highest BCUT2D eigenvalue weighted by atomic mass is 16.4. The average Bonchev–Trinajstić information content (AvgIpc) is 3.59. The molecule has 40 heavy (non-hydrogen) atoms. The maximum absolute atomic E-state index is 11.5. The lowest BCUT2D eigenvalue weighted by Gasteiger charge is -2.03. The van der Waals surface area contributed by atoms with Crippen molar-refractivity contribution in [1.29, 1.82) is 0 Å². The Kier molecular flexibility index (Phi) is 7.02. The third-order valence-electron chi connectivity index (χ3n) is 7.65. The lowest BCUT2D eigenvalue weighted by molar-refractivity contribution is -0.137. The summed E-state index contributed by atoms with van der Waals surface area (Å²) >= 11 is 0. The molecule has 2 aliphatic heterocycles. The Labute approximate surface area is 231 Å². The topological polar surface area (TPSA) is 132 Å². The van der Waals surface area contributed by atoms with Gasteiger partial charge in [0.25, 0.3) is 0 Å². The number of allylic oxidation sites excluding steroid dienone is 3. The number of fused-ring (bicyclic) bond motifs is 8. The van der Waals surface area contributed by atoms with E-state index in [1.807, 2.05) is 58.0 Å². The van der Waals surface area contributed by atoms with E-state index in [0.29, 0.717) is 18.5 Å². The van der Waals surface area contributed by atoms with Crippen molar-refractivity contribution in [2.24, 2.45) is 0 Å². The zero-order chi connectivity index (χ0) is 28.7. The maximum Gasteiger partial charge on any atom is 0.303 e. The molecule has 0 saturated heterocycles. The first-order valence-electron chi connectivity index (χ1n) is 13.2. The van der Waals surface area contributed by atoms with Gasteiger partial charge in [-0.3, -0.25) is 9.59 Å². The second-order valence-corrected chi connectivity index (χ2v) is 10.4. The van der Waals surface area contributed by atoms with Crippen LogP contribution in [0.5, 0.6) is 0 Å². The van der Waals surface area contributed by atoms with Gasteiger partial charge in [-0.25, -0.2) is 9.97 Å². The van der Waals surface area contributed by atoms with Crippen LogP contribution in [0.25, 0.3) is 50.9 Å². The van der Waals surface area contributed by atoms with Crippen LogP contribution in [-0.2, 0) is 16.0 Å². The van der Waals surface area contributed by atoms with Crippen LogP contribution in [-0.4, -0.2) is 42.1 Å². The number of nitrogens with zero attached hydrogens (tertiary/aromatic N) is 2. The van der Waals surface area contributed by atoms with Gasteiger partial charge in [0.2, 0.25) is 0 Å². The molecule has 2 aliphatic rings. The van der Waals surface area contributed by atoms with Crippen LogP contribution in [0.2, 0.25) is 0 Å². The molecule has 5 heterocycles. The molecule has 5 rings (SSSR count). The molecule has 0 aromatic carbocycles. The van der Waals surface area contributed by atoms with E-state index in [1.54, 1.807) is 0 Å². The summed E-state index contributed by atoms with van der Waals surface area (Å²) in [6.07, 6.45) is 4.48. The van der Waals surface area contributed by atoms with Gasteiger partial charge in [-0.05, 0) is 104 Å². The Morgan fingerprint density at radius 2 is 1.52 bits per heavy atom. The molecular weight excluding hydrogens is 504 g/mol. The summed E-state index contributed by atoms with van der Waals surface area (Å²) < 4.78 is 0. The van der Waals surface area contributed by atoms with Crippen LogP contribution in [0.1, 0.15) is 78.1 Å². The minimum Gasteiger partial charge on any atom is -0.481 e. The predicted molar refractivity (Wildman–Crippen MR) is 159 cm³/mol. The second-order valence-electron chi connectivity index (χ2n) is 10.4. The molecule has 3 aromatic heterocycles. The van der Waals surface area contributed by atoms with E-state index in [-0.39, 0.29) is 12.8 Å². The highest BCUT2D eigenvalue weighted by Gasteiger charge is 2.20. The Balaban J connectivity index is 1.91. The molecule has 0 saturated carbocycles. The normalized spacial score (nSPS) is 12.9. The van der Waals surface area contributed by atoms with E-state index >= 15 is 0 Å². The average molecular weight is 537 g/mol. The SMILES string of the molecule is C=Cc1c2nc(cc3[nH]c(cc4nc(cc5[nH]c1cc5C)C(C)=C4CCC(=O)O)c(CCC(=O)O)c3C)C=C2C. The summed E-state index contributed by atoms with van der Waals surface area (Å²) in [4.78, 5) is 39.8. The third-order valence-corrected chi connectivity index (χ3v) is 7.65. The molecule has 0 amide bonds. The van der Waals surface area contributed by atoms with Gasteiger partial charge in [0, 0.05) is 40.5 Å². The smallest absolute Gasteiger partial charge is 0.303 e. The molecule has 8 heteroatoms. The number of carbonyl (C=O) groups is 2. The quantitative estimate of drug-likeness (QED) is 0.258. The summed E-state index contributed by atoms with van der Waals surface area (Å²) in [5, 5.41) is 18.8. The summed E-state index contributed by atoms with van der Waals surface area (Å²) in [6, 6.07) is 7.95. The van der Waals surface area contributed by atoms with E-state index < -0.39 is 11.9 Å². The number of hydrogen-bond donors (Lipinski definition) is 4. The number of carboxylic acid groups (broad SMARTS) is 2. The molecule has 204 valence electrons. The highest BCUT2D eigenvalue weighted by Crippen LogP contribution is 2.35. The molecule has 3 aromatic rings. The summed E-state index contributed by atoms with van der Waals surface area (Å²) in [5.41, 5.74) is 13.0. The standard InChI is InChI=1S/C32H32N4O4/c1-6-21-27-12-16(2)24(34-27)14-26-19(5)23(8-10-31(39)40)29(36-26)15-28-22(7-9-30(37)38)18(4)25(35-28)13-20-11-17(3)32(21)33-20/h6,11-15,34-35H,1,7-10H2,2-5H3,(H,37,38)(H,39,40). The van der Waals surface area contributed by atoms with Crippen molar-refractivity contribution in [3.05, 3.63) is 75.9 Å². The van der Waals surface area contributed by atoms with Crippen LogP contribution in [0, 0.1) is 13.8 Å². The maximum atomic E-state index is 11.5. The molecule has 8 bridgehead atoms. The molecule has 0 spiro atoms. The van der Waals surface area contributed by atoms with Crippen LogP contribution >= 0.6 is 0 Å². The number of aromatic nitrogens is 4. The lowest BCUT2D eigenvalue weighted by Crippen LogP contribution is -1.98. The molecular formula is C32H32N4O4. The van der Waals surface area contributed by atoms with Gasteiger partial charge in [-0.15, -0.1) is 0 Å². The third kappa shape index (κ3) is 5.00. The second kappa shape index (κ2) is 10.4. The van der Waals surface area contributed by atoms with Gasteiger partial charge in [0.1, 0.15) is 0 Å². The van der Waals surface area contributed by atoms with Crippen molar-refractivity contribution < 1.29 is 19.8 Å². The van der Waals surface area contributed by atoms with Crippen molar-refractivity contribution in [3.63, 3.8) is 0 Å². The monoisotopic (exact) mass is 536 g/mol. The fourth-order valence-electron chi connectivity index (χ4n) is 5.45. The molecule has 0 radical (unpaired) electrons. The molecule has 0 unspecified atom stereocenters. The predicted octanol–water partition coefficient (Wildman–Crippen LogP) is 6.95. The first-order valence-corrected chi connectivity index (χ1v) is 13.2. The molecule has 0 atom stereocenters. The van der Waals surface area contributed by atoms with Crippen molar-refractivity contribution in [2.75, 3.05) is 0 Å². The van der Waals surface area contributed by atoms with Gasteiger partial charge in [-0.1, -0.05) is 12.7 Å². The molecule has 8 nitrogen and oxygen atoms in total. The first kappa shape index (κ1) is 26.9. The van der Waals surface area contributed by atoms with Crippen LogP contribution in [0.3, 0.4) is 0 Å². The number of hydrogen-bond acceptors (Lipinski definition) is 4. The number of aliphatic carboxylic acids is 2. The Bertz CT molecular complexity index is 1820. The fraction of sp³-hybridized carbons (Fsp3) is 0.250. The number of H-pyrrole nitrogens is 2. The zero-order valence-electron chi connectivity index (χ0n) is 23.1. The Morgan fingerprint density at radius 1 is 0.850 bits per heavy atom. The van der Waals surface area contributed by atoms with Crippen LogP contribution < -0.4 is 0 Å². The minimum absolute atomic E-state index is 0.0128. The highest BCUT2D eigenvalue weighted by molar-refractivity contribution is 5.94. The Hall–Kier alpha value is -4.72. The molecule has 0 aliphatic carbocycles. The van der Waals surface area contributed by atoms with E-state index in [2.05, 4.69) is 22.6 Å². The first-order chi connectivity index (χ1) is 19.0. The van der Waals surface area contributed by atoms with Crippen molar-refractivity contribution in [2.45, 2.75) is 53.4 Å². The summed E-state index contributed by atoms with van der Waals surface area (Å²) in [7, 11) is 0. The van der Waals surface area contributed by atoms with E-state index in [4.69, 9.17) is 9.97 Å². The van der Waals surface area contributed by atoms with Crippen molar-refractivity contribution in [3.8, 4) is 0 Å². The lowest BCUT2D eigenvalue weighted by atomic mass is 10.0. The number of carboxylic acids is 2. The Morgan fingerprint density at radius 3 is 2.23 bits per heavy atom. The van der Waals surface area contributed by atoms with E-state index in [9.17, 15) is 19.8 Å². The number of aromatic amines is 2. The number of rotatable bonds is 7. The minimum atomic E-state index is -0.876. The van der Waals surface area contributed by atoms with Gasteiger partial charge < -0.3 is 20.2 Å². The largest absolute Gasteiger partial charge is 0.481 e. The van der Waals surface area contributed by atoms with Gasteiger partial charge in [0.15, 0.2) is 0 Å². The van der Waals surface area contributed by atoms with Gasteiger partial charge >= 0.3 is 11.9 Å². The fourth-order valence-corrected chi connectivity index (χ4v) is 5.45. The summed E-state index contributed by atoms with van der Waals surface area (Å²) in [6.45, 7) is 12.0. The van der Waals surface area contributed by atoms with Crippen LogP contribution in [0.4, 0.5) is 0 Å². The van der Waals surface area contributed by atoms with Crippen molar-refractivity contribution in [1.82, 2.24) is 19.9 Å². The van der Waals surface area contributed by atoms with E-state index in [0.717, 1.165) is 78.1 Å². The number of aryl methyl sites for hydroxylation is 3. The van der Waals surface area contributed by atoms with Crippen LogP contribution in [0.15, 0.2) is 30.8 Å².